The topological polar surface area (TPSA) is 77.1 Å². The number of benzene rings is 2. The minimum absolute atomic E-state index is 0.0741. The van der Waals surface area contributed by atoms with Crippen LogP contribution in [0.25, 0.3) is 0 Å². The maximum Gasteiger partial charge on any atom is 0.251 e. The number of hydrogen-bond acceptors (Lipinski definition) is 5. The van der Waals surface area contributed by atoms with Crippen molar-refractivity contribution in [3.05, 3.63) is 59.2 Å². The minimum atomic E-state index is -0.916. The van der Waals surface area contributed by atoms with Gasteiger partial charge in [-0.2, -0.15) is 0 Å². The average molecular weight is 396 g/mol. The molecule has 1 N–H and O–H groups in total. The van der Waals surface area contributed by atoms with Gasteiger partial charge in [0.1, 0.15) is 5.75 Å². The summed E-state index contributed by atoms with van der Waals surface area (Å²) in [6, 6.07) is 12.8. The van der Waals surface area contributed by atoms with Crippen LogP contribution in [0.3, 0.4) is 0 Å². The number of likely N-dealkylation sites (N-methyl/N-ethyl adjacent to an activating group) is 1. The number of anilines is 1. The molecule has 2 heterocycles. The van der Waals surface area contributed by atoms with Gasteiger partial charge in [0, 0.05) is 36.8 Å². The van der Waals surface area contributed by atoms with Crippen molar-refractivity contribution in [2.24, 2.45) is 0 Å². The first-order chi connectivity index (χ1) is 14.0. The van der Waals surface area contributed by atoms with E-state index < -0.39 is 5.79 Å². The number of carbonyl (C=O) groups is 2. The lowest BCUT2D eigenvalue weighted by atomic mass is 9.98. The monoisotopic (exact) mass is 396 g/mol. The molecule has 1 fully saturated rings. The molecular formula is C22H24N2O5. The molecule has 152 valence electrons. The molecule has 0 saturated carbocycles. The van der Waals surface area contributed by atoms with Crippen molar-refractivity contribution in [1.29, 1.82) is 0 Å². The van der Waals surface area contributed by atoms with Crippen LogP contribution >= 0.6 is 0 Å². The second-order valence-corrected chi connectivity index (χ2v) is 7.16. The van der Waals surface area contributed by atoms with Gasteiger partial charge < -0.3 is 24.4 Å². The fourth-order valence-corrected chi connectivity index (χ4v) is 3.82. The standard InChI is InChI=1S/C22H24N2O5/c1-24-19-7-6-17(12-16(19)14-20(24)25)22(28-10-11-29-22)8-9-23-21(26)15-4-3-5-18(13-15)27-2/h3-7,12-13H,8-11,14H2,1-2H3,(H,23,26). The number of ether oxygens (including phenoxy) is 3. The molecule has 0 unspecified atom stereocenters. The largest absolute Gasteiger partial charge is 0.497 e. The van der Waals surface area contributed by atoms with Crippen molar-refractivity contribution >= 4 is 17.5 Å². The molecule has 0 radical (unpaired) electrons. The van der Waals surface area contributed by atoms with Gasteiger partial charge in [-0.3, -0.25) is 9.59 Å². The Morgan fingerprint density at radius 3 is 2.76 bits per heavy atom. The van der Waals surface area contributed by atoms with Crippen molar-refractivity contribution in [3.63, 3.8) is 0 Å². The van der Waals surface area contributed by atoms with E-state index in [1.807, 2.05) is 18.2 Å². The van der Waals surface area contributed by atoms with Crippen LogP contribution < -0.4 is 15.0 Å². The fraction of sp³-hybridized carbons (Fsp3) is 0.364. The Bertz CT molecular complexity index is 937. The number of methoxy groups -OCH3 is 1. The molecule has 0 bridgehead atoms. The third-order valence-corrected chi connectivity index (χ3v) is 5.42. The summed E-state index contributed by atoms with van der Waals surface area (Å²) in [5.74, 6) is -0.390. The molecule has 2 amide bonds. The van der Waals surface area contributed by atoms with E-state index in [1.54, 1.807) is 43.3 Å². The molecule has 2 aromatic rings. The van der Waals surface area contributed by atoms with Gasteiger partial charge in [0.25, 0.3) is 5.91 Å². The summed E-state index contributed by atoms with van der Waals surface area (Å²) in [5, 5.41) is 2.92. The smallest absolute Gasteiger partial charge is 0.251 e. The van der Waals surface area contributed by atoms with Gasteiger partial charge in [-0.25, -0.2) is 0 Å². The number of rotatable bonds is 6. The van der Waals surface area contributed by atoms with E-state index in [1.165, 1.54) is 0 Å². The van der Waals surface area contributed by atoms with Crippen molar-refractivity contribution in [2.75, 3.05) is 38.8 Å². The number of hydrogen-bond donors (Lipinski definition) is 1. The van der Waals surface area contributed by atoms with Crippen LogP contribution in [0.4, 0.5) is 5.69 Å². The zero-order chi connectivity index (χ0) is 20.4. The van der Waals surface area contributed by atoms with Crippen LogP contribution in [0.1, 0.15) is 27.9 Å². The zero-order valence-electron chi connectivity index (χ0n) is 16.6. The highest BCUT2D eigenvalue weighted by atomic mass is 16.7. The number of amides is 2. The predicted molar refractivity (Wildman–Crippen MR) is 107 cm³/mol. The summed E-state index contributed by atoms with van der Waals surface area (Å²) >= 11 is 0. The van der Waals surface area contributed by atoms with Crippen molar-refractivity contribution < 1.29 is 23.8 Å². The van der Waals surface area contributed by atoms with Gasteiger partial charge in [-0.15, -0.1) is 0 Å². The van der Waals surface area contributed by atoms with Crippen LogP contribution in [-0.2, 0) is 26.5 Å². The molecule has 1 saturated heterocycles. The normalized spacial score (nSPS) is 17.3. The molecule has 2 aliphatic heterocycles. The molecule has 0 atom stereocenters. The average Bonchev–Trinajstić information content (AvgIpc) is 3.33. The lowest BCUT2D eigenvalue weighted by Gasteiger charge is -2.28. The SMILES string of the molecule is COc1cccc(C(=O)NCCC2(c3ccc4c(c3)CC(=O)N4C)OCCO2)c1. The minimum Gasteiger partial charge on any atom is -0.497 e. The molecule has 0 aromatic heterocycles. The first kappa shape index (κ1) is 19.4. The van der Waals surface area contributed by atoms with E-state index >= 15 is 0 Å². The Hall–Kier alpha value is -2.90. The second kappa shape index (κ2) is 7.85. The molecule has 7 heteroatoms. The number of carbonyl (C=O) groups excluding carboxylic acids is 2. The Balaban J connectivity index is 1.46. The third kappa shape index (κ3) is 3.71. The molecule has 4 rings (SSSR count). The summed E-state index contributed by atoms with van der Waals surface area (Å²) in [6.07, 6.45) is 0.841. The van der Waals surface area contributed by atoms with Crippen molar-refractivity contribution in [2.45, 2.75) is 18.6 Å². The third-order valence-electron chi connectivity index (χ3n) is 5.42. The summed E-state index contributed by atoms with van der Waals surface area (Å²) in [4.78, 5) is 26.1. The summed E-state index contributed by atoms with van der Waals surface area (Å²) in [6.45, 7) is 1.35. The molecule has 0 aliphatic carbocycles. The predicted octanol–water partition coefficient (Wildman–Crippen LogP) is 2.23. The van der Waals surface area contributed by atoms with Gasteiger partial charge in [0.2, 0.25) is 5.91 Å². The number of nitrogens with one attached hydrogen (secondary N) is 1. The number of fused-ring (bicyclic) bond motifs is 1. The van der Waals surface area contributed by atoms with Crippen LogP contribution in [0.15, 0.2) is 42.5 Å². The van der Waals surface area contributed by atoms with Gasteiger partial charge in [0.05, 0.1) is 26.7 Å². The highest BCUT2D eigenvalue weighted by Crippen LogP contribution is 2.38. The lowest BCUT2D eigenvalue weighted by molar-refractivity contribution is -0.169. The lowest BCUT2D eigenvalue weighted by Crippen LogP contribution is -2.34. The summed E-state index contributed by atoms with van der Waals surface area (Å²) in [7, 11) is 3.35. The Kier molecular flexibility index (Phi) is 5.25. The van der Waals surface area contributed by atoms with E-state index in [0.29, 0.717) is 43.9 Å². The van der Waals surface area contributed by atoms with Gasteiger partial charge in [-0.05, 0) is 35.9 Å². The quantitative estimate of drug-likeness (QED) is 0.810. The second-order valence-electron chi connectivity index (χ2n) is 7.16. The van der Waals surface area contributed by atoms with Crippen LogP contribution in [-0.4, -0.2) is 45.7 Å². The zero-order valence-corrected chi connectivity index (χ0v) is 16.6. The molecule has 2 aromatic carbocycles. The van der Waals surface area contributed by atoms with Crippen LogP contribution in [0.2, 0.25) is 0 Å². The molecule has 2 aliphatic rings. The van der Waals surface area contributed by atoms with Crippen LogP contribution in [0.5, 0.6) is 5.75 Å². The first-order valence-electron chi connectivity index (χ1n) is 9.62. The van der Waals surface area contributed by atoms with Crippen molar-refractivity contribution in [1.82, 2.24) is 5.32 Å². The van der Waals surface area contributed by atoms with E-state index in [4.69, 9.17) is 14.2 Å². The highest BCUT2D eigenvalue weighted by Gasteiger charge is 2.39. The number of nitrogens with zero attached hydrogens (tertiary/aromatic N) is 1. The van der Waals surface area contributed by atoms with E-state index in [-0.39, 0.29) is 11.8 Å². The van der Waals surface area contributed by atoms with E-state index in [0.717, 1.165) is 16.8 Å². The van der Waals surface area contributed by atoms with Crippen molar-refractivity contribution in [3.8, 4) is 5.75 Å². The summed E-state index contributed by atoms with van der Waals surface area (Å²) < 4.78 is 17.1. The van der Waals surface area contributed by atoms with E-state index in [9.17, 15) is 9.59 Å². The van der Waals surface area contributed by atoms with E-state index in [2.05, 4.69) is 5.32 Å². The molecule has 7 nitrogen and oxygen atoms in total. The molecule has 29 heavy (non-hydrogen) atoms. The Labute approximate surface area is 169 Å². The molecular weight excluding hydrogens is 372 g/mol. The highest BCUT2D eigenvalue weighted by molar-refractivity contribution is 6.01. The molecule has 0 spiro atoms. The van der Waals surface area contributed by atoms with Gasteiger partial charge in [-0.1, -0.05) is 12.1 Å². The maximum absolute atomic E-state index is 12.5. The van der Waals surface area contributed by atoms with Gasteiger partial charge >= 0.3 is 0 Å². The van der Waals surface area contributed by atoms with Gasteiger partial charge in [0.15, 0.2) is 5.79 Å². The fourth-order valence-electron chi connectivity index (χ4n) is 3.82. The maximum atomic E-state index is 12.5. The van der Waals surface area contributed by atoms with Crippen LogP contribution in [0, 0.1) is 0 Å². The summed E-state index contributed by atoms with van der Waals surface area (Å²) in [5.41, 5.74) is 3.28. The Morgan fingerprint density at radius 2 is 2.00 bits per heavy atom. The first-order valence-corrected chi connectivity index (χ1v) is 9.62. The Morgan fingerprint density at radius 1 is 1.21 bits per heavy atom.